The van der Waals surface area contributed by atoms with Gasteiger partial charge >= 0.3 is 0 Å². The summed E-state index contributed by atoms with van der Waals surface area (Å²) in [5, 5.41) is 12.1. The number of phenolic OH excluding ortho intramolecular Hbond substituents is 1. The lowest BCUT2D eigenvalue weighted by Crippen LogP contribution is -2.13. The number of thioether (sulfide) groups is 2. The van der Waals surface area contributed by atoms with E-state index in [1.807, 2.05) is 30.5 Å². The van der Waals surface area contributed by atoms with E-state index in [0.29, 0.717) is 5.75 Å². The average molecular weight is 305 g/mol. The van der Waals surface area contributed by atoms with E-state index in [1.54, 1.807) is 36.0 Å². The van der Waals surface area contributed by atoms with Gasteiger partial charge in [0.2, 0.25) is 5.91 Å². The number of hydrogen-bond acceptors (Lipinski definition) is 4. The Bertz CT molecular complexity index is 585. The number of anilines is 1. The maximum atomic E-state index is 11.9. The van der Waals surface area contributed by atoms with Crippen LogP contribution >= 0.6 is 23.5 Å². The van der Waals surface area contributed by atoms with Crippen molar-refractivity contribution in [2.75, 3.05) is 17.3 Å². The van der Waals surface area contributed by atoms with Crippen LogP contribution in [-0.2, 0) is 4.79 Å². The van der Waals surface area contributed by atoms with Gasteiger partial charge in [-0.05, 0) is 48.7 Å². The lowest BCUT2D eigenvalue weighted by atomic mass is 10.3. The van der Waals surface area contributed by atoms with Gasteiger partial charge in [0.15, 0.2) is 0 Å². The fourth-order valence-electron chi connectivity index (χ4n) is 1.59. The third kappa shape index (κ3) is 4.51. The van der Waals surface area contributed by atoms with Crippen molar-refractivity contribution in [3.8, 4) is 5.75 Å². The molecule has 0 atom stereocenters. The molecule has 104 valence electrons. The van der Waals surface area contributed by atoms with Gasteiger partial charge in [-0.15, -0.1) is 23.5 Å². The van der Waals surface area contributed by atoms with Crippen LogP contribution in [0.1, 0.15) is 0 Å². The van der Waals surface area contributed by atoms with Gasteiger partial charge in [-0.3, -0.25) is 4.79 Å². The Morgan fingerprint density at radius 1 is 1.15 bits per heavy atom. The normalized spacial score (nSPS) is 10.2. The number of aromatic hydroxyl groups is 1. The zero-order valence-electron chi connectivity index (χ0n) is 11.0. The molecule has 0 aliphatic rings. The number of amides is 1. The molecule has 0 spiro atoms. The summed E-state index contributed by atoms with van der Waals surface area (Å²) in [6.45, 7) is 0. The molecule has 3 nitrogen and oxygen atoms in total. The molecule has 0 aliphatic carbocycles. The Kier molecular flexibility index (Phi) is 5.38. The first-order chi connectivity index (χ1) is 9.67. The van der Waals surface area contributed by atoms with Gasteiger partial charge < -0.3 is 10.4 Å². The summed E-state index contributed by atoms with van der Waals surface area (Å²) in [6, 6.07) is 14.6. The first-order valence-corrected chi connectivity index (χ1v) is 8.24. The Labute approximate surface area is 126 Å². The molecule has 0 bridgehead atoms. The molecule has 2 aromatic rings. The van der Waals surface area contributed by atoms with E-state index < -0.39 is 0 Å². The Morgan fingerprint density at radius 3 is 2.60 bits per heavy atom. The highest BCUT2D eigenvalue weighted by atomic mass is 32.2. The van der Waals surface area contributed by atoms with Crippen LogP contribution in [0.5, 0.6) is 5.75 Å². The van der Waals surface area contributed by atoms with Crippen LogP contribution in [0.25, 0.3) is 0 Å². The molecule has 0 saturated carbocycles. The van der Waals surface area contributed by atoms with Gasteiger partial charge in [0, 0.05) is 15.5 Å². The quantitative estimate of drug-likeness (QED) is 0.824. The second-order valence-corrected chi connectivity index (χ2v) is 5.99. The Hall–Kier alpha value is -1.59. The lowest BCUT2D eigenvalue weighted by molar-refractivity contribution is -0.113. The van der Waals surface area contributed by atoms with Gasteiger partial charge in [0.1, 0.15) is 5.75 Å². The standard InChI is InChI=1S/C15H15NO2S2/c1-19-14-4-2-3-11(9-14)16-15(18)10-20-13-7-5-12(17)6-8-13/h2-9,17H,10H2,1H3,(H,16,18). The second-order valence-electron chi connectivity index (χ2n) is 4.06. The fraction of sp³-hybridized carbons (Fsp3) is 0.133. The number of benzene rings is 2. The second kappa shape index (κ2) is 7.26. The van der Waals surface area contributed by atoms with Gasteiger partial charge in [-0.1, -0.05) is 6.07 Å². The molecule has 2 rings (SSSR count). The van der Waals surface area contributed by atoms with Crippen molar-refractivity contribution in [1.29, 1.82) is 0 Å². The van der Waals surface area contributed by atoms with Crippen molar-refractivity contribution in [3.63, 3.8) is 0 Å². The highest BCUT2D eigenvalue weighted by molar-refractivity contribution is 8.00. The molecule has 2 N–H and O–H groups in total. The molecule has 5 heteroatoms. The van der Waals surface area contributed by atoms with Crippen molar-refractivity contribution in [2.45, 2.75) is 9.79 Å². The Morgan fingerprint density at radius 2 is 1.90 bits per heavy atom. The molecular formula is C15H15NO2S2. The van der Waals surface area contributed by atoms with Crippen LogP contribution in [0, 0.1) is 0 Å². The third-order valence-electron chi connectivity index (χ3n) is 2.56. The summed E-state index contributed by atoms with van der Waals surface area (Å²) in [7, 11) is 0. The van der Waals surface area contributed by atoms with Crippen molar-refractivity contribution in [2.24, 2.45) is 0 Å². The van der Waals surface area contributed by atoms with Gasteiger partial charge in [0.25, 0.3) is 0 Å². The summed E-state index contributed by atoms with van der Waals surface area (Å²) in [5.41, 5.74) is 0.813. The summed E-state index contributed by atoms with van der Waals surface area (Å²) in [4.78, 5) is 13.9. The molecule has 0 aliphatic heterocycles. The molecule has 0 aromatic heterocycles. The molecule has 20 heavy (non-hydrogen) atoms. The largest absolute Gasteiger partial charge is 0.508 e. The van der Waals surface area contributed by atoms with E-state index in [9.17, 15) is 9.90 Å². The van der Waals surface area contributed by atoms with Crippen LogP contribution in [-0.4, -0.2) is 23.0 Å². The van der Waals surface area contributed by atoms with E-state index in [-0.39, 0.29) is 11.7 Å². The highest BCUT2D eigenvalue weighted by Gasteiger charge is 2.04. The third-order valence-corrected chi connectivity index (χ3v) is 4.30. The monoisotopic (exact) mass is 305 g/mol. The van der Waals surface area contributed by atoms with Crippen molar-refractivity contribution in [1.82, 2.24) is 0 Å². The van der Waals surface area contributed by atoms with Crippen LogP contribution < -0.4 is 5.32 Å². The van der Waals surface area contributed by atoms with Gasteiger partial charge in [-0.2, -0.15) is 0 Å². The minimum Gasteiger partial charge on any atom is -0.508 e. The van der Waals surface area contributed by atoms with E-state index >= 15 is 0 Å². The molecule has 0 fully saturated rings. The molecule has 0 saturated heterocycles. The molecular weight excluding hydrogens is 290 g/mol. The predicted octanol–water partition coefficient (Wildman–Crippen LogP) is 3.84. The summed E-state index contributed by atoms with van der Waals surface area (Å²) < 4.78 is 0. The summed E-state index contributed by atoms with van der Waals surface area (Å²) >= 11 is 3.08. The van der Waals surface area contributed by atoms with Crippen molar-refractivity contribution in [3.05, 3.63) is 48.5 Å². The van der Waals surface area contributed by atoms with Gasteiger partial charge in [-0.25, -0.2) is 0 Å². The number of carbonyl (C=O) groups is 1. The van der Waals surface area contributed by atoms with E-state index in [4.69, 9.17) is 0 Å². The van der Waals surface area contributed by atoms with Crippen LogP contribution in [0.3, 0.4) is 0 Å². The lowest BCUT2D eigenvalue weighted by Gasteiger charge is -2.06. The first-order valence-electron chi connectivity index (χ1n) is 6.03. The molecule has 2 aromatic carbocycles. The number of carbonyl (C=O) groups excluding carboxylic acids is 1. The van der Waals surface area contributed by atoms with Crippen LogP contribution in [0.2, 0.25) is 0 Å². The SMILES string of the molecule is CSc1cccc(NC(=O)CSc2ccc(O)cc2)c1. The van der Waals surface area contributed by atoms with Crippen molar-refractivity contribution >= 4 is 35.1 Å². The topological polar surface area (TPSA) is 49.3 Å². The number of phenols is 1. The van der Waals surface area contributed by atoms with Crippen LogP contribution in [0.15, 0.2) is 58.3 Å². The number of hydrogen-bond donors (Lipinski definition) is 2. The zero-order valence-corrected chi connectivity index (χ0v) is 12.6. The summed E-state index contributed by atoms with van der Waals surface area (Å²) in [6.07, 6.45) is 2.00. The van der Waals surface area contributed by atoms with Gasteiger partial charge in [0.05, 0.1) is 5.75 Å². The highest BCUT2D eigenvalue weighted by Crippen LogP contribution is 2.22. The number of nitrogens with one attached hydrogen (secondary N) is 1. The average Bonchev–Trinajstić information content (AvgIpc) is 2.47. The fourth-order valence-corrected chi connectivity index (χ4v) is 2.75. The minimum absolute atomic E-state index is 0.0404. The Balaban J connectivity index is 1.87. The smallest absolute Gasteiger partial charge is 0.234 e. The maximum Gasteiger partial charge on any atom is 0.234 e. The van der Waals surface area contributed by atoms with Crippen molar-refractivity contribution < 1.29 is 9.90 Å². The molecule has 1 amide bonds. The maximum absolute atomic E-state index is 11.9. The number of rotatable bonds is 5. The van der Waals surface area contributed by atoms with Crippen LogP contribution in [0.4, 0.5) is 5.69 Å². The van der Waals surface area contributed by atoms with E-state index in [1.165, 1.54) is 11.8 Å². The predicted molar refractivity (Wildman–Crippen MR) is 85.7 cm³/mol. The zero-order chi connectivity index (χ0) is 14.4. The first kappa shape index (κ1) is 14.8. The molecule has 0 unspecified atom stereocenters. The summed E-state index contributed by atoms with van der Waals surface area (Å²) in [5.74, 6) is 0.530. The van der Waals surface area contributed by atoms with E-state index in [2.05, 4.69) is 5.32 Å². The minimum atomic E-state index is -0.0404. The van der Waals surface area contributed by atoms with E-state index in [0.717, 1.165) is 15.5 Å². The molecule has 0 radical (unpaired) electrons. The molecule has 0 heterocycles.